The van der Waals surface area contributed by atoms with E-state index >= 15 is 0 Å². The van der Waals surface area contributed by atoms with E-state index in [1.807, 2.05) is 30.3 Å². The second-order valence-electron chi connectivity index (χ2n) is 5.67. The van der Waals surface area contributed by atoms with Crippen molar-refractivity contribution in [2.75, 3.05) is 30.6 Å². The topological polar surface area (TPSA) is 109 Å². The van der Waals surface area contributed by atoms with Crippen molar-refractivity contribution in [2.24, 2.45) is 0 Å². The van der Waals surface area contributed by atoms with Gasteiger partial charge < -0.3 is 25.8 Å². The summed E-state index contributed by atoms with van der Waals surface area (Å²) in [7, 11) is 3.04. The summed E-state index contributed by atoms with van der Waals surface area (Å²) >= 11 is 1.11. The number of carbonyl (C=O) groups excluding carboxylic acids is 1. The first-order valence-corrected chi connectivity index (χ1v) is 9.06. The molecule has 1 heterocycles. The first-order chi connectivity index (χ1) is 13.6. The van der Waals surface area contributed by atoms with Crippen LogP contribution < -0.4 is 25.8 Å². The van der Waals surface area contributed by atoms with Gasteiger partial charge in [0.2, 0.25) is 0 Å². The van der Waals surface area contributed by atoms with Gasteiger partial charge in [0.25, 0.3) is 5.91 Å². The number of rotatable bonds is 6. The zero-order valence-corrected chi connectivity index (χ0v) is 16.1. The van der Waals surface area contributed by atoms with Crippen LogP contribution in [-0.4, -0.2) is 20.1 Å². The van der Waals surface area contributed by atoms with E-state index in [4.69, 9.17) is 15.2 Å². The number of carbonyl (C=O) groups is 1. The Kier molecular flexibility index (Phi) is 5.67. The molecule has 3 rings (SSSR count). The number of nitrogen functional groups attached to an aromatic ring is 1. The SMILES string of the molecule is COc1ccc(OC)c(NC(=O)c2sc(Nc3ccccc3)c(C#N)c2N)c1. The van der Waals surface area contributed by atoms with Gasteiger partial charge in [-0.05, 0) is 24.3 Å². The molecule has 2 aromatic carbocycles. The highest BCUT2D eigenvalue weighted by Gasteiger charge is 2.22. The van der Waals surface area contributed by atoms with E-state index < -0.39 is 5.91 Å². The van der Waals surface area contributed by atoms with Crippen LogP contribution in [0.5, 0.6) is 11.5 Å². The third-order valence-electron chi connectivity index (χ3n) is 3.95. The zero-order chi connectivity index (χ0) is 20.1. The number of thiophene rings is 1. The molecule has 0 unspecified atom stereocenters. The highest BCUT2D eigenvalue weighted by molar-refractivity contribution is 7.19. The smallest absolute Gasteiger partial charge is 0.268 e. The van der Waals surface area contributed by atoms with Crippen molar-refractivity contribution >= 4 is 39.3 Å². The van der Waals surface area contributed by atoms with Gasteiger partial charge in [0.05, 0.1) is 25.6 Å². The number of nitriles is 1. The Morgan fingerprint density at radius 1 is 1.14 bits per heavy atom. The molecule has 1 aromatic heterocycles. The maximum absolute atomic E-state index is 12.8. The lowest BCUT2D eigenvalue weighted by atomic mass is 10.2. The minimum Gasteiger partial charge on any atom is -0.497 e. The lowest BCUT2D eigenvalue weighted by molar-refractivity contribution is 0.103. The molecular weight excluding hydrogens is 376 g/mol. The maximum atomic E-state index is 12.8. The van der Waals surface area contributed by atoms with Crippen LogP contribution in [0.1, 0.15) is 15.2 Å². The number of ether oxygens (including phenoxy) is 2. The van der Waals surface area contributed by atoms with Crippen molar-refractivity contribution in [2.45, 2.75) is 0 Å². The minimum atomic E-state index is -0.438. The summed E-state index contributed by atoms with van der Waals surface area (Å²) in [6.45, 7) is 0. The molecule has 7 nitrogen and oxygen atoms in total. The lowest BCUT2D eigenvalue weighted by Gasteiger charge is -2.11. The molecule has 142 valence electrons. The number of nitrogens with two attached hydrogens (primary N) is 1. The molecule has 8 heteroatoms. The Bertz CT molecular complexity index is 1040. The molecule has 0 spiro atoms. The number of hydrogen-bond donors (Lipinski definition) is 3. The highest BCUT2D eigenvalue weighted by Crippen LogP contribution is 2.38. The first-order valence-electron chi connectivity index (χ1n) is 8.25. The maximum Gasteiger partial charge on any atom is 0.268 e. The molecule has 0 aliphatic carbocycles. The molecule has 0 radical (unpaired) electrons. The normalized spacial score (nSPS) is 10.0. The largest absolute Gasteiger partial charge is 0.497 e. The number of benzene rings is 2. The summed E-state index contributed by atoms with van der Waals surface area (Å²) in [6.07, 6.45) is 0. The van der Waals surface area contributed by atoms with Crippen molar-refractivity contribution < 1.29 is 14.3 Å². The minimum absolute atomic E-state index is 0.130. The number of anilines is 4. The Hall–Kier alpha value is -3.70. The van der Waals surface area contributed by atoms with Gasteiger partial charge in [0.15, 0.2) is 0 Å². The van der Waals surface area contributed by atoms with Gasteiger partial charge in [-0.2, -0.15) is 5.26 Å². The highest BCUT2D eigenvalue weighted by atomic mass is 32.1. The van der Waals surface area contributed by atoms with Crippen LogP contribution in [0.2, 0.25) is 0 Å². The molecule has 0 saturated heterocycles. The Labute approximate surface area is 166 Å². The van der Waals surface area contributed by atoms with Crippen LogP contribution >= 0.6 is 11.3 Å². The van der Waals surface area contributed by atoms with Gasteiger partial charge >= 0.3 is 0 Å². The van der Waals surface area contributed by atoms with E-state index in [0.717, 1.165) is 17.0 Å². The van der Waals surface area contributed by atoms with Crippen molar-refractivity contribution in [1.29, 1.82) is 5.26 Å². The fourth-order valence-electron chi connectivity index (χ4n) is 2.55. The second kappa shape index (κ2) is 8.33. The van der Waals surface area contributed by atoms with Crippen LogP contribution in [0.3, 0.4) is 0 Å². The standard InChI is InChI=1S/C20H18N4O3S/c1-26-13-8-9-16(27-2)15(10-13)24-19(25)18-17(22)14(11-21)20(28-18)23-12-6-4-3-5-7-12/h3-10,23H,22H2,1-2H3,(H,24,25). The van der Waals surface area contributed by atoms with Crippen molar-refractivity contribution in [3.8, 4) is 17.6 Å². The van der Waals surface area contributed by atoms with Gasteiger partial charge in [-0.15, -0.1) is 11.3 Å². The van der Waals surface area contributed by atoms with E-state index in [2.05, 4.69) is 16.7 Å². The number of nitrogens with zero attached hydrogens (tertiary/aromatic N) is 1. The summed E-state index contributed by atoms with van der Waals surface area (Å²) in [5.41, 5.74) is 7.68. The fraction of sp³-hybridized carbons (Fsp3) is 0.100. The number of nitrogens with one attached hydrogen (secondary N) is 2. The van der Waals surface area contributed by atoms with Gasteiger partial charge in [-0.25, -0.2) is 0 Å². The van der Waals surface area contributed by atoms with Crippen LogP contribution in [0.4, 0.5) is 22.1 Å². The van der Waals surface area contributed by atoms with Crippen molar-refractivity contribution in [3.63, 3.8) is 0 Å². The van der Waals surface area contributed by atoms with Gasteiger partial charge in [0, 0.05) is 11.8 Å². The second-order valence-corrected chi connectivity index (χ2v) is 6.69. The Balaban J connectivity index is 1.92. The molecule has 4 N–H and O–H groups in total. The van der Waals surface area contributed by atoms with Crippen molar-refractivity contribution in [3.05, 3.63) is 59.0 Å². The first kappa shape index (κ1) is 19.1. The van der Waals surface area contributed by atoms with E-state index in [1.165, 1.54) is 14.2 Å². The molecule has 28 heavy (non-hydrogen) atoms. The number of para-hydroxylation sites is 1. The third kappa shape index (κ3) is 3.84. The van der Waals surface area contributed by atoms with Gasteiger partial charge in [-0.1, -0.05) is 18.2 Å². The van der Waals surface area contributed by atoms with E-state index in [0.29, 0.717) is 22.2 Å². The summed E-state index contributed by atoms with van der Waals surface area (Å²) in [5.74, 6) is 0.610. The average Bonchev–Trinajstić information content (AvgIpc) is 3.03. The molecule has 0 fully saturated rings. The Morgan fingerprint density at radius 2 is 1.89 bits per heavy atom. The van der Waals surface area contributed by atoms with Gasteiger partial charge in [0.1, 0.15) is 33.0 Å². The molecule has 1 amide bonds. The monoisotopic (exact) mass is 394 g/mol. The molecular formula is C20H18N4O3S. The average molecular weight is 394 g/mol. The van der Waals surface area contributed by atoms with Crippen molar-refractivity contribution in [1.82, 2.24) is 0 Å². The molecule has 0 aliphatic rings. The molecule has 0 aliphatic heterocycles. The predicted molar refractivity (Wildman–Crippen MR) is 111 cm³/mol. The third-order valence-corrected chi connectivity index (χ3v) is 5.07. The lowest BCUT2D eigenvalue weighted by Crippen LogP contribution is -2.13. The summed E-state index contributed by atoms with van der Waals surface area (Å²) < 4.78 is 10.5. The van der Waals surface area contributed by atoms with E-state index in [-0.39, 0.29) is 16.1 Å². The van der Waals surface area contributed by atoms with E-state index in [9.17, 15) is 10.1 Å². The van der Waals surface area contributed by atoms with E-state index in [1.54, 1.807) is 18.2 Å². The number of methoxy groups -OCH3 is 2. The summed E-state index contributed by atoms with van der Waals surface area (Å²) in [6, 6.07) is 16.5. The molecule has 0 atom stereocenters. The zero-order valence-electron chi connectivity index (χ0n) is 15.3. The Morgan fingerprint density at radius 3 is 2.54 bits per heavy atom. The van der Waals surface area contributed by atoms with Crippen LogP contribution in [0.25, 0.3) is 0 Å². The molecule has 0 bridgehead atoms. The number of hydrogen-bond acceptors (Lipinski definition) is 7. The quantitative estimate of drug-likeness (QED) is 0.578. The van der Waals surface area contributed by atoms with Gasteiger partial charge in [-0.3, -0.25) is 4.79 Å². The predicted octanol–water partition coefficient (Wildman–Crippen LogP) is 4.22. The summed E-state index contributed by atoms with van der Waals surface area (Å²) in [4.78, 5) is 13.1. The number of amides is 1. The summed E-state index contributed by atoms with van der Waals surface area (Å²) in [5, 5.41) is 15.9. The van der Waals surface area contributed by atoms with Crippen LogP contribution in [-0.2, 0) is 0 Å². The molecule has 3 aromatic rings. The van der Waals surface area contributed by atoms with Crippen LogP contribution in [0.15, 0.2) is 48.5 Å². The van der Waals surface area contributed by atoms with Crippen LogP contribution in [0, 0.1) is 11.3 Å². The fourth-order valence-corrected chi connectivity index (χ4v) is 3.54. The molecule has 0 saturated carbocycles.